The minimum Gasteiger partial charge on any atom is -0.508 e. The molecule has 5 heteroatoms. The summed E-state index contributed by atoms with van der Waals surface area (Å²) in [5.41, 5.74) is 0.0895. The van der Waals surface area contributed by atoms with Gasteiger partial charge in [0.25, 0.3) is 0 Å². The van der Waals surface area contributed by atoms with Crippen molar-refractivity contribution in [3.05, 3.63) is 29.8 Å². The third kappa shape index (κ3) is 4.93. The van der Waals surface area contributed by atoms with Crippen LogP contribution in [0.1, 0.15) is 46.3 Å². The fourth-order valence-corrected chi connectivity index (χ4v) is 1.55. The van der Waals surface area contributed by atoms with E-state index in [-0.39, 0.29) is 29.3 Å². The Balaban J connectivity index is 2.54. The van der Waals surface area contributed by atoms with Gasteiger partial charge >= 0.3 is 6.03 Å². The molecule has 0 aliphatic heterocycles. The van der Waals surface area contributed by atoms with Crippen molar-refractivity contribution in [3.63, 3.8) is 0 Å². The summed E-state index contributed by atoms with van der Waals surface area (Å²) in [6, 6.07) is 6.03. The van der Waals surface area contributed by atoms with Gasteiger partial charge in [0.1, 0.15) is 5.75 Å². The molecule has 1 rings (SSSR count). The highest BCUT2D eigenvalue weighted by molar-refractivity contribution is 5.74. The van der Waals surface area contributed by atoms with Gasteiger partial charge in [-0.2, -0.15) is 0 Å². The molecule has 0 unspecified atom stereocenters. The maximum Gasteiger partial charge on any atom is 0.315 e. The Morgan fingerprint density at radius 3 is 2.38 bits per heavy atom. The standard InChI is InChI=1S/C16H26N2O3/c1-15(2,3)16(4,5)18-14(21)17-10-13(20)11-7-6-8-12(19)9-11/h6-9,13,19-20H,10H2,1-5H3,(H2,17,18,21)/t13-/m1/s1. The average molecular weight is 294 g/mol. The highest BCUT2D eigenvalue weighted by atomic mass is 16.3. The number of phenolic OH excluding ortho intramolecular Hbond substituents is 1. The predicted molar refractivity (Wildman–Crippen MR) is 83.1 cm³/mol. The monoisotopic (exact) mass is 294 g/mol. The Hall–Kier alpha value is -1.75. The summed E-state index contributed by atoms with van der Waals surface area (Å²) in [6.07, 6.45) is -0.861. The number of aliphatic hydroxyl groups is 1. The minimum atomic E-state index is -0.861. The van der Waals surface area contributed by atoms with Crippen molar-refractivity contribution in [2.75, 3.05) is 6.54 Å². The molecule has 0 aromatic heterocycles. The van der Waals surface area contributed by atoms with Gasteiger partial charge in [-0.1, -0.05) is 32.9 Å². The van der Waals surface area contributed by atoms with E-state index in [2.05, 4.69) is 31.4 Å². The Bertz CT molecular complexity index is 493. The molecular weight excluding hydrogens is 268 g/mol. The van der Waals surface area contributed by atoms with Crippen molar-refractivity contribution < 1.29 is 15.0 Å². The number of carbonyl (C=O) groups is 1. The molecule has 0 bridgehead atoms. The third-order valence-electron chi connectivity index (χ3n) is 4.01. The van der Waals surface area contributed by atoms with Crippen LogP contribution in [0, 0.1) is 5.41 Å². The van der Waals surface area contributed by atoms with Crippen LogP contribution in [-0.2, 0) is 0 Å². The Labute approximate surface area is 126 Å². The van der Waals surface area contributed by atoms with E-state index in [9.17, 15) is 15.0 Å². The lowest BCUT2D eigenvalue weighted by atomic mass is 9.76. The van der Waals surface area contributed by atoms with E-state index in [1.165, 1.54) is 12.1 Å². The average Bonchev–Trinajstić information content (AvgIpc) is 2.34. The molecule has 0 radical (unpaired) electrons. The SMILES string of the molecule is CC(C)(C)C(C)(C)NC(=O)NC[C@@H](O)c1cccc(O)c1. The van der Waals surface area contributed by atoms with Gasteiger partial charge in [0, 0.05) is 12.1 Å². The van der Waals surface area contributed by atoms with Crippen molar-refractivity contribution in [1.29, 1.82) is 0 Å². The molecule has 4 N–H and O–H groups in total. The molecule has 0 aliphatic carbocycles. The molecule has 1 aromatic carbocycles. The molecule has 0 fully saturated rings. The van der Waals surface area contributed by atoms with E-state index < -0.39 is 6.10 Å². The molecule has 1 atom stereocenters. The second-order valence-corrected chi connectivity index (χ2v) is 6.82. The van der Waals surface area contributed by atoms with E-state index in [0.717, 1.165) is 0 Å². The van der Waals surface area contributed by atoms with Crippen LogP contribution in [0.4, 0.5) is 4.79 Å². The van der Waals surface area contributed by atoms with Gasteiger partial charge in [-0.05, 0) is 37.0 Å². The number of nitrogens with one attached hydrogen (secondary N) is 2. The summed E-state index contributed by atoms with van der Waals surface area (Å²) >= 11 is 0. The number of amides is 2. The molecule has 118 valence electrons. The molecule has 5 nitrogen and oxygen atoms in total. The molecule has 0 spiro atoms. The fraction of sp³-hybridized carbons (Fsp3) is 0.562. The number of aliphatic hydroxyl groups excluding tert-OH is 1. The molecule has 2 amide bonds. The highest BCUT2D eigenvalue weighted by Crippen LogP contribution is 2.29. The number of rotatable bonds is 4. The molecule has 0 heterocycles. The summed E-state index contributed by atoms with van der Waals surface area (Å²) in [5.74, 6) is 0.0878. The summed E-state index contributed by atoms with van der Waals surface area (Å²) in [5, 5.41) is 24.9. The second-order valence-electron chi connectivity index (χ2n) is 6.82. The summed E-state index contributed by atoms with van der Waals surface area (Å²) in [4.78, 5) is 11.9. The zero-order valence-electron chi connectivity index (χ0n) is 13.4. The van der Waals surface area contributed by atoms with Gasteiger partial charge in [-0.25, -0.2) is 4.79 Å². The normalized spacial score (nSPS) is 13.6. The predicted octanol–water partition coefficient (Wildman–Crippen LogP) is 2.55. The van der Waals surface area contributed by atoms with E-state index in [0.29, 0.717) is 5.56 Å². The van der Waals surface area contributed by atoms with Gasteiger partial charge in [0.05, 0.1) is 6.10 Å². The van der Waals surface area contributed by atoms with Crippen LogP contribution in [0.5, 0.6) is 5.75 Å². The Kier molecular flexibility index (Phi) is 5.23. The van der Waals surface area contributed by atoms with E-state index in [1.54, 1.807) is 12.1 Å². The number of carbonyl (C=O) groups excluding carboxylic acids is 1. The molecular formula is C16H26N2O3. The van der Waals surface area contributed by atoms with Crippen molar-refractivity contribution in [3.8, 4) is 5.75 Å². The number of aromatic hydroxyl groups is 1. The minimum absolute atomic E-state index is 0.0789. The lowest BCUT2D eigenvalue weighted by Crippen LogP contribution is -2.55. The second kappa shape index (κ2) is 6.35. The first-order chi connectivity index (χ1) is 9.53. The fourth-order valence-electron chi connectivity index (χ4n) is 1.55. The smallest absolute Gasteiger partial charge is 0.315 e. The zero-order valence-corrected chi connectivity index (χ0v) is 13.4. The summed E-state index contributed by atoms with van der Waals surface area (Å²) in [6.45, 7) is 10.1. The Morgan fingerprint density at radius 1 is 1.24 bits per heavy atom. The summed E-state index contributed by atoms with van der Waals surface area (Å²) in [7, 11) is 0. The zero-order chi connectivity index (χ0) is 16.3. The molecule has 0 aliphatic rings. The number of urea groups is 1. The molecule has 21 heavy (non-hydrogen) atoms. The van der Waals surface area contributed by atoms with E-state index in [4.69, 9.17) is 0 Å². The lowest BCUT2D eigenvalue weighted by molar-refractivity contribution is 0.156. The first-order valence-electron chi connectivity index (χ1n) is 7.06. The van der Waals surface area contributed by atoms with Crippen molar-refractivity contribution in [2.24, 2.45) is 5.41 Å². The summed E-state index contributed by atoms with van der Waals surface area (Å²) < 4.78 is 0. The van der Waals surface area contributed by atoms with E-state index in [1.807, 2.05) is 13.8 Å². The van der Waals surface area contributed by atoms with Gasteiger partial charge in [-0.3, -0.25) is 0 Å². The van der Waals surface area contributed by atoms with Crippen LogP contribution in [0.15, 0.2) is 24.3 Å². The molecule has 0 saturated carbocycles. The number of benzene rings is 1. The number of hydrogen-bond acceptors (Lipinski definition) is 3. The van der Waals surface area contributed by atoms with Crippen molar-refractivity contribution >= 4 is 6.03 Å². The van der Waals surface area contributed by atoms with Gasteiger partial charge < -0.3 is 20.8 Å². The lowest BCUT2D eigenvalue weighted by Gasteiger charge is -2.39. The van der Waals surface area contributed by atoms with Crippen LogP contribution < -0.4 is 10.6 Å². The topological polar surface area (TPSA) is 81.6 Å². The van der Waals surface area contributed by atoms with Gasteiger partial charge in [-0.15, -0.1) is 0 Å². The maximum absolute atomic E-state index is 11.9. The van der Waals surface area contributed by atoms with Gasteiger partial charge in [0.2, 0.25) is 0 Å². The highest BCUT2D eigenvalue weighted by Gasteiger charge is 2.34. The van der Waals surface area contributed by atoms with Crippen LogP contribution in [-0.4, -0.2) is 28.3 Å². The van der Waals surface area contributed by atoms with Crippen LogP contribution >= 0.6 is 0 Å². The molecule has 0 saturated heterocycles. The first-order valence-corrected chi connectivity index (χ1v) is 7.06. The largest absolute Gasteiger partial charge is 0.508 e. The van der Waals surface area contributed by atoms with E-state index >= 15 is 0 Å². The maximum atomic E-state index is 11.9. The quantitative estimate of drug-likeness (QED) is 0.689. The Morgan fingerprint density at radius 2 is 1.86 bits per heavy atom. The number of phenols is 1. The third-order valence-corrected chi connectivity index (χ3v) is 4.01. The van der Waals surface area contributed by atoms with Gasteiger partial charge in [0.15, 0.2) is 0 Å². The van der Waals surface area contributed by atoms with Crippen molar-refractivity contribution in [1.82, 2.24) is 10.6 Å². The number of hydrogen-bond donors (Lipinski definition) is 4. The first kappa shape index (κ1) is 17.3. The van der Waals surface area contributed by atoms with Crippen LogP contribution in [0.3, 0.4) is 0 Å². The van der Waals surface area contributed by atoms with Crippen LogP contribution in [0.2, 0.25) is 0 Å². The molecule has 1 aromatic rings. The van der Waals surface area contributed by atoms with Crippen LogP contribution in [0.25, 0.3) is 0 Å². The van der Waals surface area contributed by atoms with Crippen molar-refractivity contribution in [2.45, 2.75) is 46.3 Å².